The van der Waals surface area contributed by atoms with Gasteiger partial charge in [0, 0.05) is 19.3 Å². The molecule has 0 amide bonds. The summed E-state index contributed by atoms with van der Waals surface area (Å²) in [6.07, 6.45) is 74.4. The molecule has 0 aliphatic heterocycles. The Morgan fingerprint density at radius 1 is 0.292 bits per heavy atom. The maximum atomic E-state index is 12.9. The van der Waals surface area contributed by atoms with Crippen molar-refractivity contribution in [3.8, 4) is 0 Å². The Bertz CT molecular complexity index is 1210. The van der Waals surface area contributed by atoms with Crippen molar-refractivity contribution in [1.29, 1.82) is 0 Å². The van der Waals surface area contributed by atoms with Crippen LogP contribution in [0.5, 0.6) is 0 Å². The van der Waals surface area contributed by atoms with Crippen LogP contribution in [0.2, 0.25) is 0 Å². The van der Waals surface area contributed by atoms with Crippen molar-refractivity contribution in [3.05, 3.63) is 36.5 Å². The van der Waals surface area contributed by atoms with E-state index >= 15 is 0 Å². The molecule has 0 saturated carbocycles. The van der Waals surface area contributed by atoms with Crippen LogP contribution in [-0.4, -0.2) is 37.2 Å². The Hall–Kier alpha value is -2.37. The summed E-state index contributed by atoms with van der Waals surface area (Å²) >= 11 is 0. The van der Waals surface area contributed by atoms with Gasteiger partial charge in [-0.05, 0) is 51.4 Å². The van der Waals surface area contributed by atoms with E-state index in [-0.39, 0.29) is 31.1 Å². The Morgan fingerprint density at radius 2 is 0.542 bits per heavy atom. The fourth-order valence-electron chi connectivity index (χ4n) is 9.64. The molecule has 0 heterocycles. The minimum absolute atomic E-state index is 0.0722. The number of carbonyl (C=O) groups excluding carboxylic acids is 3. The van der Waals surface area contributed by atoms with Crippen LogP contribution >= 0.6 is 0 Å². The molecule has 0 aromatic carbocycles. The number of allylic oxidation sites excluding steroid dienone is 6. The third-order valence-corrected chi connectivity index (χ3v) is 14.4. The van der Waals surface area contributed by atoms with Gasteiger partial charge in [0.1, 0.15) is 13.2 Å². The molecule has 0 aromatic heterocycles. The van der Waals surface area contributed by atoms with Crippen molar-refractivity contribution in [2.45, 2.75) is 354 Å². The van der Waals surface area contributed by atoms with Crippen LogP contribution in [0.3, 0.4) is 0 Å². The molecule has 0 aromatic rings. The summed E-state index contributed by atoms with van der Waals surface area (Å²) in [5.74, 6) is -0.864. The average Bonchev–Trinajstić information content (AvgIpc) is 3.38. The maximum Gasteiger partial charge on any atom is 0.306 e. The molecule has 72 heavy (non-hydrogen) atoms. The van der Waals surface area contributed by atoms with Crippen molar-refractivity contribution in [3.63, 3.8) is 0 Å². The van der Waals surface area contributed by atoms with Gasteiger partial charge in [-0.3, -0.25) is 14.4 Å². The van der Waals surface area contributed by atoms with Crippen LogP contribution in [0.4, 0.5) is 0 Å². The average molecular weight is 1010 g/mol. The summed E-state index contributed by atoms with van der Waals surface area (Å²) in [6.45, 7) is 6.58. The van der Waals surface area contributed by atoms with E-state index in [0.29, 0.717) is 19.3 Å². The first kappa shape index (κ1) is 69.6. The fourth-order valence-corrected chi connectivity index (χ4v) is 9.64. The summed E-state index contributed by atoms with van der Waals surface area (Å²) < 4.78 is 16.9. The topological polar surface area (TPSA) is 78.9 Å². The van der Waals surface area contributed by atoms with Gasteiger partial charge in [0.25, 0.3) is 0 Å². The molecular weight excluding hydrogens is 889 g/mol. The lowest BCUT2D eigenvalue weighted by Gasteiger charge is -2.18. The van der Waals surface area contributed by atoms with Crippen LogP contribution in [-0.2, 0) is 28.6 Å². The molecule has 1 atom stereocenters. The van der Waals surface area contributed by atoms with Crippen LogP contribution < -0.4 is 0 Å². The van der Waals surface area contributed by atoms with Gasteiger partial charge in [0.15, 0.2) is 6.10 Å². The second-order valence-electron chi connectivity index (χ2n) is 21.7. The smallest absolute Gasteiger partial charge is 0.306 e. The molecule has 0 spiro atoms. The number of ether oxygens (including phenoxy) is 3. The first-order valence-corrected chi connectivity index (χ1v) is 32.0. The van der Waals surface area contributed by atoms with E-state index in [0.717, 1.165) is 96.3 Å². The van der Waals surface area contributed by atoms with Crippen LogP contribution in [0.25, 0.3) is 0 Å². The van der Waals surface area contributed by atoms with E-state index in [1.165, 1.54) is 212 Å². The highest BCUT2D eigenvalue weighted by Gasteiger charge is 2.19. The highest BCUT2D eigenvalue weighted by molar-refractivity contribution is 5.71. The molecule has 6 heteroatoms. The van der Waals surface area contributed by atoms with E-state index in [2.05, 4.69) is 57.2 Å². The maximum absolute atomic E-state index is 12.9. The van der Waals surface area contributed by atoms with E-state index in [1.54, 1.807) is 0 Å². The number of carbonyl (C=O) groups is 3. The van der Waals surface area contributed by atoms with Crippen molar-refractivity contribution >= 4 is 17.9 Å². The summed E-state index contributed by atoms with van der Waals surface area (Å²) in [6, 6.07) is 0. The number of hydrogen-bond acceptors (Lipinski definition) is 6. The molecule has 0 saturated heterocycles. The van der Waals surface area contributed by atoms with E-state index in [1.807, 2.05) is 0 Å². The largest absolute Gasteiger partial charge is 0.462 e. The van der Waals surface area contributed by atoms with Crippen LogP contribution in [0, 0.1) is 0 Å². The van der Waals surface area contributed by atoms with Gasteiger partial charge in [-0.1, -0.05) is 314 Å². The zero-order chi connectivity index (χ0) is 52.2. The van der Waals surface area contributed by atoms with E-state index in [9.17, 15) is 14.4 Å². The van der Waals surface area contributed by atoms with E-state index < -0.39 is 6.10 Å². The third-order valence-electron chi connectivity index (χ3n) is 14.4. The molecule has 0 bridgehead atoms. The summed E-state index contributed by atoms with van der Waals surface area (Å²) in [5.41, 5.74) is 0. The summed E-state index contributed by atoms with van der Waals surface area (Å²) in [4.78, 5) is 38.3. The van der Waals surface area contributed by atoms with Gasteiger partial charge in [-0.2, -0.15) is 0 Å². The first-order valence-electron chi connectivity index (χ1n) is 32.0. The van der Waals surface area contributed by atoms with Crippen molar-refractivity contribution in [2.75, 3.05) is 13.2 Å². The third kappa shape index (κ3) is 58.5. The minimum atomic E-state index is -0.776. The zero-order valence-corrected chi connectivity index (χ0v) is 48.5. The molecule has 0 aliphatic rings. The SMILES string of the molecule is CC/C=C\C/C=C\C/C=C\CCCCCCCC(=O)OCC(COC(=O)CCCCCCCCCCCCCCCCCCCCCCC)OC(=O)CCCCCCCCCCCCCCCCCCCC. The first-order chi connectivity index (χ1) is 35.5. The second kappa shape index (κ2) is 61.2. The lowest BCUT2D eigenvalue weighted by Crippen LogP contribution is -2.30. The lowest BCUT2D eigenvalue weighted by atomic mass is 10.0. The van der Waals surface area contributed by atoms with Gasteiger partial charge in [0.2, 0.25) is 0 Å². The quantitative estimate of drug-likeness (QED) is 0.0261. The number of rotatable bonds is 59. The highest BCUT2D eigenvalue weighted by atomic mass is 16.6. The molecule has 0 rings (SSSR count). The van der Waals surface area contributed by atoms with Crippen LogP contribution in [0.15, 0.2) is 36.5 Å². The summed E-state index contributed by atoms with van der Waals surface area (Å²) in [7, 11) is 0. The Labute approximate surface area is 448 Å². The summed E-state index contributed by atoms with van der Waals surface area (Å²) in [5, 5.41) is 0. The van der Waals surface area contributed by atoms with Crippen molar-refractivity contribution in [1.82, 2.24) is 0 Å². The predicted octanol–water partition coefficient (Wildman–Crippen LogP) is 21.6. The highest BCUT2D eigenvalue weighted by Crippen LogP contribution is 2.18. The number of unbranched alkanes of at least 4 members (excludes halogenated alkanes) is 42. The molecular formula is C66H122O6. The Kier molecular flexibility index (Phi) is 59.2. The number of hydrogen-bond donors (Lipinski definition) is 0. The fraction of sp³-hybridized carbons (Fsp3) is 0.864. The Balaban J connectivity index is 4.30. The standard InChI is InChI=1S/C66H122O6/c1-4-7-10-13-16-19-22-25-28-30-32-33-34-36-38-41-44-47-50-53-56-59-65(68)71-62-63(61-70-64(67)58-55-52-49-46-43-40-37-27-24-21-18-15-12-9-6-3)72-66(69)60-57-54-51-48-45-42-39-35-31-29-26-23-20-17-14-11-8-5-2/h9,12,18,21,27,37,63H,4-8,10-11,13-17,19-20,22-26,28-36,38-62H2,1-3H3/b12-9-,21-18-,37-27-. The molecule has 0 aliphatic carbocycles. The molecule has 0 radical (unpaired) electrons. The molecule has 1 unspecified atom stereocenters. The normalized spacial score (nSPS) is 12.2. The Morgan fingerprint density at radius 3 is 0.847 bits per heavy atom. The van der Waals surface area contributed by atoms with Crippen molar-refractivity contribution < 1.29 is 28.6 Å². The van der Waals surface area contributed by atoms with Gasteiger partial charge in [-0.25, -0.2) is 0 Å². The minimum Gasteiger partial charge on any atom is -0.462 e. The van der Waals surface area contributed by atoms with E-state index in [4.69, 9.17) is 14.2 Å². The van der Waals surface area contributed by atoms with Gasteiger partial charge < -0.3 is 14.2 Å². The van der Waals surface area contributed by atoms with Gasteiger partial charge in [0.05, 0.1) is 0 Å². The molecule has 422 valence electrons. The van der Waals surface area contributed by atoms with Gasteiger partial charge in [-0.15, -0.1) is 0 Å². The zero-order valence-electron chi connectivity index (χ0n) is 48.5. The monoisotopic (exact) mass is 1010 g/mol. The number of esters is 3. The van der Waals surface area contributed by atoms with Crippen molar-refractivity contribution in [2.24, 2.45) is 0 Å². The van der Waals surface area contributed by atoms with Crippen LogP contribution in [0.1, 0.15) is 348 Å². The lowest BCUT2D eigenvalue weighted by molar-refractivity contribution is -0.167. The second-order valence-corrected chi connectivity index (χ2v) is 21.7. The molecule has 6 nitrogen and oxygen atoms in total. The molecule has 0 fully saturated rings. The molecule has 0 N–H and O–H groups in total. The predicted molar refractivity (Wildman–Crippen MR) is 312 cm³/mol. The van der Waals surface area contributed by atoms with Gasteiger partial charge >= 0.3 is 17.9 Å².